The molecule has 1 fully saturated rings. The van der Waals surface area contributed by atoms with Crippen molar-refractivity contribution in [3.05, 3.63) is 71.4 Å². The fraction of sp³-hybridized carbons (Fsp3) is 0.346. The van der Waals surface area contributed by atoms with E-state index in [1.54, 1.807) is 17.8 Å². The Bertz CT molecular complexity index is 1350. The minimum atomic E-state index is -3.14. The number of hydrogen-bond donors (Lipinski definition) is 0. The summed E-state index contributed by atoms with van der Waals surface area (Å²) in [6.45, 7) is 5.61. The van der Waals surface area contributed by atoms with E-state index in [4.69, 9.17) is 4.74 Å². The lowest BCUT2D eigenvalue weighted by Crippen LogP contribution is -2.43. The van der Waals surface area contributed by atoms with Gasteiger partial charge in [0.2, 0.25) is 0 Å². The molecule has 184 valence electrons. The number of esters is 1. The number of carbonyl (C=O) groups is 2. The minimum absolute atomic E-state index is 0.0543. The molecule has 0 spiro atoms. The summed E-state index contributed by atoms with van der Waals surface area (Å²) in [4.78, 5) is 27.5. The summed E-state index contributed by atoms with van der Waals surface area (Å²) < 4.78 is 30.7. The fourth-order valence-corrected chi connectivity index (χ4v) is 6.19. The lowest BCUT2D eigenvalue weighted by atomic mass is 10.0. The molecule has 2 aromatic carbocycles. The number of nitrogens with zero attached hydrogens (tertiary/aromatic N) is 3. The Morgan fingerprint density at radius 3 is 2.51 bits per heavy atom. The Hall–Kier alpha value is -3.46. The van der Waals surface area contributed by atoms with Gasteiger partial charge in [-0.3, -0.25) is 4.79 Å². The van der Waals surface area contributed by atoms with E-state index in [1.807, 2.05) is 62.4 Å². The Balaban J connectivity index is 1.58. The van der Waals surface area contributed by atoms with Gasteiger partial charge >= 0.3 is 5.97 Å². The first-order valence-corrected chi connectivity index (χ1v) is 13.4. The van der Waals surface area contributed by atoms with Gasteiger partial charge < -0.3 is 9.64 Å². The predicted octanol–water partition coefficient (Wildman–Crippen LogP) is 3.35. The molecule has 1 aromatic heterocycles. The van der Waals surface area contributed by atoms with Gasteiger partial charge in [0.05, 0.1) is 17.2 Å². The topological polar surface area (TPSA) is 98.6 Å². The summed E-state index contributed by atoms with van der Waals surface area (Å²) in [7, 11) is -3.14. The third-order valence-corrected chi connectivity index (χ3v) is 7.98. The van der Waals surface area contributed by atoms with Crippen molar-refractivity contribution in [3.8, 4) is 16.9 Å². The van der Waals surface area contributed by atoms with Gasteiger partial charge in [0.25, 0.3) is 5.91 Å². The van der Waals surface area contributed by atoms with E-state index < -0.39 is 28.3 Å². The zero-order valence-corrected chi connectivity index (χ0v) is 20.9. The highest BCUT2D eigenvalue weighted by Gasteiger charge is 2.34. The van der Waals surface area contributed by atoms with Gasteiger partial charge in [0.1, 0.15) is 11.3 Å². The first-order chi connectivity index (χ1) is 16.7. The van der Waals surface area contributed by atoms with Crippen molar-refractivity contribution < 1.29 is 22.7 Å². The van der Waals surface area contributed by atoms with E-state index in [2.05, 4.69) is 5.10 Å². The summed E-state index contributed by atoms with van der Waals surface area (Å²) in [5.74, 6) is -1.06. The predicted molar refractivity (Wildman–Crippen MR) is 133 cm³/mol. The monoisotopic (exact) mass is 495 g/mol. The SMILES string of the molecule is CCN(C(=O)COC(=O)c1cn(-c2ccccc2)nc1-c1ccc(C)cc1C)C1CCS(=O)(=O)C1. The zero-order valence-electron chi connectivity index (χ0n) is 20.1. The Morgan fingerprint density at radius 1 is 1.14 bits per heavy atom. The number of aryl methyl sites for hydroxylation is 2. The first-order valence-electron chi connectivity index (χ1n) is 11.6. The number of aromatic nitrogens is 2. The highest BCUT2D eigenvalue weighted by Crippen LogP contribution is 2.28. The summed E-state index contributed by atoms with van der Waals surface area (Å²) in [5.41, 5.74) is 4.37. The molecule has 0 aliphatic carbocycles. The normalized spacial score (nSPS) is 16.7. The number of benzene rings is 2. The fourth-order valence-electron chi connectivity index (χ4n) is 4.46. The second-order valence-corrected chi connectivity index (χ2v) is 11.0. The molecule has 1 amide bonds. The number of rotatable bonds is 7. The summed E-state index contributed by atoms with van der Waals surface area (Å²) in [6, 6.07) is 14.9. The molecule has 1 unspecified atom stereocenters. The van der Waals surface area contributed by atoms with E-state index in [9.17, 15) is 18.0 Å². The van der Waals surface area contributed by atoms with Crippen molar-refractivity contribution in [1.29, 1.82) is 0 Å². The second kappa shape index (κ2) is 10.0. The van der Waals surface area contributed by atoms with E-state index in [1.165, 1.54) is 4.90 Å². The molecule has 0 saturated carbocycles. The van der Waals surface area contributed by atoms with Gasteiger partial charge in [-0.1, -0.05) is 42.0 Å². The zero-order chi connectivity index (χ0) is 25.2. The van der Waals surface area contributed by atoms with Crippen LogP contribution < -0.4 is 0 Å². The molecule has 0 N–H and O–H groups in total. The van der Waals surface area contributed by atoms with Crippen LogP contribution in [0.15, 0.2) is 54.7 Å². The quantitative estimate of drug-likeness (QED) is 0.466. The molecule has 0 radical (unpaired) electrons. The average molecular weight is 496 g/mol. The lowest BCUT2D eigenvalue weighted by Gasteiger charge is -2.26. The summed E-state index contributed by atoms with van der Waals surface area (Å²) >= 11 is 0. The molecular formula is C26H29N3O5S. The molecule has 1 saturated heterocycles. The van der Waals surface area contributed by atoms with Gasteiger partial charge in [-0.25, -0.2) is 17.9 Å². The molecule has 0 bridgehead atoms. The van der Waals surface area contributed by atoms with Crippen molar-refractivity contribution >= 4 is 21.7 Å². The maximum Gasteiger partial charge on any atom is 0.342 e. The van der Waals surface area contributed by atoms with Crippen LogP contribution in [-0.4, -0.2) is 65.7 Å². The van der Waals surface area contributed by atoms with Crippen molar-refractivity contribution in [1.82, 2.24) is 14.7 Å². The number of para-hydroxylation sites is 1. The molecule has 3 aromatic rings. The number of hydrogen-bond acceptors (Lipinski definition) is 6. The molecule has 1 aliphatic rings. The van der Waals surface area contributed by atoms with Crippen LogP contribution in [0.2, 0.25) is 0 Å². The molecule has 1 aliphatic heterocycles. The van der Waals surface area contributed by atoms with E-state index in [0.29, 0.717) is 18.7 Å². The van der Waals surface area contributed by atoms with Crippen LogP contribution in [0.1, 0.15) is 34.8 Å². The lowest BCUT2D eigenvalue weighted by molar-refractivity contribution is -0.136. The highest BCUT2D eigenvalue weighted by atomic mass is 32.2. The largest absolute Gasteiger partial charge is 0.452 e. The Kier molecular flexibility index (Phi) is 7.07. The minimum Gasteiger partial charge on any atom is -0.452 e. The Morgan fingerprint density at radius 2 is 1.89 bits per heavy atom. The van der Waals surface area contributed by atoms with E-state index in [-0.39, 0.29) is 23.1 Å². The third-order valence-electron chi connectivity index (χ3n) is 6.23. The third kappa shape index (κ3) is 5.45. The second-order valence-electron chi connectivity index (χ2n) is 8.80. The maximum absolute atomic E-state index is 13.2. The van der Waals surface area contributed by atoms with Crippen LogP contribution >= 0.6 is 0 Å². The maximum atomic E-state index is 13.2. The van der Waals surface area contributed by atoms with Crippen LogP contribution in [0.5, 0.6) is 0 Å². The van der Waals surface area contributed by atoms with Crippen molar-refractivity contribution in [2.45, 2.75) is 33.2 Å². The molecule has 1 atom stereocenters. The van der Waals surface area contributed by atoms with E-state index in [0.717, 1.165) is 22.4 Å². The smallest absolute Gasteiger partial charge is 0.342 e. The molecule has 8 nitrogen and oxygen atoms in total. The van der Waals surface area contributed by atoms with Crippen molar-refractivity contribution in [2.75, 3.05) is 24.7 Å². The highest BCUT2D eigenvalue weighted by molar-refractivity contribution is 7.91. The van der Waals surface area contributed by atoms with Gasteiger partial charge in [0, 0.05) is 24.3 Å². The number of ether oxygens (including phenoxy) is 1. The number of likely N-dealkylation sites (N-methyl/N-ethyl adjacent to an activating group) is 1. The van der Waals surface area contributed by atoms with Gasteiger partial charge in [-0.15, -0.1) is 0 Å². The average Bonchev–Trinajstić information content (AvgIpc) is 3.42. The summed E-state index contributed by atoms with van der Waals surface area (Å²) in [5, 5.41) is 4.67. The van der Waals surface area contributed by atoms with Crippen LogP contribution in [0.4, 0.5) is 0 Å². The molecule has 2 heterocycles. The number of sulfone groups is 1. The van der Waals surface area contributed by atoms with Crippen LogP contribution in [0, 0.1) is 13.8 Å². The van der Waals surface area contributed by atoms with Crippen LogP contribution in [-0.2, 0) is 19.4 Å². The summed E-state index contributed by atoms with van der Waals surface area (Å²) in [6.07, 6.45) is 2.01. The molecular weight excluding hydrogens is 466 g/mol. The molecule has 35 heavy (non-hydrogen) atoms. The van der Waals surface area contributed by atoms with Gasteiger partial charge in [0.15, 0.2) is 16.4 Å². The van der Waals surface area contributed by atoms with E-state index >= 15 is 0 Å². The van der Waals surface area contributed by atoms with Crippen molar-refractivity contribution in [3.63, 3.8) is 0 Å². The molecule has 9 heteroatoms. The number of amides is 1. The molecule has 4 rings (SSSR count). The van der Waals surface area contributed by atoms with Crippen molar-refractivity contribution in [2.24, 2.45) is 0 Å². The van der Waals surface area contributed by atoms with Gasteiger partial charge in [-0.05, 0) is 44.9 Å². The Labute approximate surface area is 205 Å². The first kappa shape index (κ1) is 24.7. The van der Waals surface area contributed by atoms with Gasteiger partial charge in [-0.2, -0.15) is 5.10 Å². The standard InChI is InChI=1S/C26H29N3O5S/c1-4-28(21-12-13-35(32,33)17-21)24(30)16-34-26(31)23-15-29(20-8-6-5-7-9-20)27-25(23)22-11-10-18(2)14-19(22)3/h5-11,14-15,21H,4,12-13,16-17H2,1-3H3. The number of carbonyl (C=O) groups excluding carboxylic acids is 2. The van der Waals surface area contributed by atoms with Crippen LogP contribution in [0.3, 0.4) is 0 Å². The van der Waals surface area contributed by atoms with Crippen LogP contribution in [0.25, 0.3) is 16.9 Å².